The fourth-order valence-corrected chi connectivity index (χ4v) is 2.71. The first-order valence-corrected chi connectivity index (χ1v) is 6.79. The van der Waals surface area contributed by atoms with Crippen molar-refractivity contribution in [2.75, 3.05) is 5.32 Å². The predicted molar refractivity (Wildman–Crippen MR) is 72.9 cm³/mol. The topological polar surface area (TPSA) is 66.4 Å². The van der Waals surface area contributed by atoms with Crippen LogP contribution in [-0.4, -0.2) is 17.0 Å². The predicted octanol–water partition coefficient (Wildman–Crippen LogP) is 2.96. The summed E-state index contributed by atoms with van der Waals surface area (Å²) in [5.74, 6) is -2.82. The first-order chi connectivity index (χ1) is 9.50. The lowest BCUT2D eigenvalue weighted by Crippen LogP contribution is -2.36. The molecule has 1 aromatic rings. The number of nitrogens with one attached hydrogen (secondary N) is 1. The molecule has 1 aromatic carbocycles. The Morgan fingerprint density at radius 2 is 1.90 bits per heavy atom. The average Bonchev–Trinajstić information content (AvgIpc) is 2.43. The molecule has 2 atom stereocenters. The Morgan fingerprint density at radius 1 is 1.25 bits per heavy atom. The third-order valence-electron chi connectivity index (χ3n) is 3.95. The molecule has 0 radical (unpaired) electrons. The highest BCUT2D eigenvalue weighted by Crippen LogP contribution is 2.31. The summed E-state index contributed by atoms with van der Waals surface area (Å²) < 4.78 is 13.4. The van der Waals surface area contributed by atoms with E-state index in [9.17, 15) is 19.1 Å². The molecule has 1 saturated carbocycles. The van der Waals surface area contributed by atoms with Crippen LogP contribution in [0.3, 0.4) is 0 Å². The fourth-order valence-electron chi connectivity index (χ4n) is 2.71. The Balaban J connectivity index is 2.14. The number of carbonyl (C=O) groups excluding carboxylic acids is 1. The number of aliphatic carboxylic acids is 1. The summed E-state index contributed by atoms with van der Waals surface area (Å²) >= 11 is 0. The lowest BCUT2D eigenvalue weighted by Gasteiger charge is -2.27. The molecule has 0 aliphatic heterocycles. The molecule has 1 aliphatic carbocycles. The van der Waals surface area contributed by atoms with E-state index in [0.29, 0.717) is 24.1 Å². The van der Waals surface area contributed by atoms with E-state index < -0.39 is 17.8 Å². The van der Waals surface area contributed by atoms with Gasteiger partial charge in [-0.25, -0.2) is 4.39 Å². The molecule has 0 unspecified atom stereocenters. The van der Waals surface area contributed by atoms with Crippen molar-refractivity contribution in [2.45, 2.75) is 32.6 Å². The third-order valence-corrected chi connectivity index (χ3v) is 3.95. The number of hydrogen-bond donors (Lipinski definition) is 2. The molecule has 4 nitrogen and oxygen atoms in total. The average molecular weight is 279 g/mol. The highest BCUT2D eigenvalue weighted by Gasteiger charge is 2.35. The number of anilines is 1. The van der Waals surface area contributed by atoms with Crippen LogP contribution in [0.1, 0.15) is 31.2 Å². The van der Waals surface area contributed by atoms with Crippen molar-refractivity contribution in [1.82, 2.24) is 0 Å². The van der Waals surface area contributed by atoms with Crippen LogP contribution in [0.15, 0.2) is 18.2 Å². The minimum Gasteiger partial charge on any atom is -0.481 e. The molecule has 20 heavy (non-hydrogen) atoms. The highest BCUT2D eigenvalue weighted by atomic mass is 19.1. The lowest BCUT2D eigenvalue weighted by atomic mass is 9.78. The van der Waals surface area contributed by atoms with Crippen molar-refractivity contribution < 1.29 is 19.1 Å². The normalized spacial score (nSPS) is 22.3. The van der Waals surface area contributed by atoms with Gasteiger partial charge in [0.25, 0.3) is 0 Å². The number of rotatable bonds is 3. The molecular formula is C15H18FNO3. The summed E-state index contributed by atoms with van der Waals surface area (Å²) in [5.41, 5.74) is 0.772. The molecule has 0 heterocycles. The van der Waals surface area contributed by atoms with Gasteiger partial charge in [0, 0.05) is 11.3 Å². The largest absolute Gasteiger partial charge is 0.481 e. The molecule has 108 valence electrons. The summed E-state index contributed by atoms with van der Waals surface area (Å²) in [4.78, 5) is 23.5. The number of carboxylic acids is 1. The number of amides is 1. The van der Waals surface area contributed by atoms with Gasteiger partial charge in [-0.1, -0.05) is 18.9 Å². The number of carboxylic acid groups (broad SMARTS) is 1. The maximum Gasteiger partial charge on any atom is 0.307 e. The van der Waals surface area contributed by atoms with Crippen molar-refractivity contribution in [3.8, 4) is 0 Å². The summed E-state index contributed by atoms with van der Waals surface area (Å²) in [6.45, 7) is 1.58. The first-order valence-electron chi connectivity index (χ1n) is 6.79. The van der Waals surface area contributed by atoms with Crippen molar-refractivity contribution >= 4 is 17.6 Å². The van der Waals surface area contributed by atoms with Crippen molar-refractivity contribution in [3.63, 3.8) is 0 Å². The monoisotopic (exact) mass is 279 g/mol. The van der Waals surface area contributed by atoms with E-state index in [4.69, 9.17) is 0 Å². The van der Waals surface area contributed by atoms with E-state index in [0.717, 1.165) is 12.8 Å². The van der Waals surface area contributed by atoms with Gasteiger partial charge in [0.15, 0.2) is 0 Å². The molecule has 1 fully saturated rings. The van der Waals surface area contributed by atoms with Gasteiger partial charge in [0.05, 0.1) is 11.8 Å². The quantitative estimate of drug-likeness (QED) is 0.894. The molecule has 0 spiro atoms. The molecule has 2 N–H and O–H groups in total. The second-order valence-electron chi connectivity index (χ2n) is 5.24. The standard InChI is InChI=1S/C15H18FNO3/c1-9-12(16)7-4-8-13(9)17-14(18)10-5-2-3-6-11(10)15(19)20/h4,7-8,10-11H,2-3,5-6H2,1H3,(H,17,18)(H,19,20)/t10-,11-/m0/s1. The molecule has 1 amide bonds. The molecular weight excluding hydrogens is 261 g/mol. The molecule has 1 aliphatic rings. The van der Waals surface area contributed by atoms with Crippen LogP contribution in [0.5, 0.6) is 0 Å². The Kier molecular flexibility index (Phi) is 4.37. The van der Waals surface area contributed by atoms with E-state index in [1.54, 1.807) is 13.0 Å². The molecule has 2 rings (SSSR count). The zero-order chi connectivity index (χ0) is 14.7. The van der Waals surface area contributed by atoms with E-state index >= 15 is 0 Å². The van der Waals surface area contributed by atoms with Crippen LogP contribution in [0, 0.1) is 24.6 Å². The van der Waals surface area contributed by atoms with Gasteiger partial charge in [-0.2, -0.15) is 0 Å². The molecule has 0 aromatic heterocycles. The maximum atomic E-state index is 13.4. The Bertz CT molecular complexity index is 530. The van der Waals surface area contributed by atoms with E-state index in [1.807, 2.05) is 0 Å². The second kappa shape index (κ2) is 6.03. The number of carbonyl (C=O) groups is 2. The molecule has 0 saturated heterocycles. The van der Waals surface area contributed by atoms with Gasteiger partial charge in [-0.15, -0.1) is 0 Å². The van der Waals surface area contributed by atoms with Crippen LogP contribution in [-0.2, 0) is 9.59 Å². The Morgan fingerprint density at radius 3 is 2.55 bits per heavy atom. The van der Waals surface area contributed by atoms with Gasteiger partial charge in [-0.3, -0.25) is 9.59 Å². The van der Waals surface area contributed by atoms with Crippen LogP contribution in [0.25, 0.3) is 0 Å². The van der Waals surface area contributed by atoms with Gasteiger partial charge < -0.3 is 10.4 Å². The van der Waals surface area contributed by atoms with Crippen LogP contribution in [0.2, 0.25) is 0 Å². The minimum absolute atomic E-state index is 0.328. The highest BCUT2D eigenvalue weighted by molar-refractivity contribution is 5.95. The van der Waals surface area contributed by atoms with Crippen LogP contribution in [0.4, 0.5) is 10.1 Å². The van der Waals surface area contributed by atoms with Gasteiger partial charge >= 0.3 is 5.97 Å². The summed E-state index contributed by atoms with van der Waals surface area (Å²) in [6.07, 6.45) is 2.77. The zero-order valence-electron chi connectivity index (χ0n) is 11.4. The van der Waals surface area contributed by atoms with Gasteiger partial charge in [0.1, 0.15) is 5.82 Å². The fraction of sp³-hybridized carbons (Fsp3) is 0.467. The maximum absolute atomic E-state index is 13.4. The van der Waals surface area contributed by atoms with Gasteiger partial charge in [-0.05, 0) is 31.9 Å². The smallest absolute Gasteiger partial charge is 0.307 e. The number of halogens is 1. The molecule has 0 bridgehead atoms. The number of hydrogen-bond acceptors (Lipinski definition) is 2. The minimum atomic E-state index is -0.930. The summed E-state index contributed by atoms with van der Waals surface area (Å²) in [7, 11) is 0. The second-order valence-corrected chi connectivity index (χ2v) is 5.24. The van der Waals surface area contributed by atoms with E-state index in [-0.39, 0.29) is 11.7 Å². The van der Waals surface area contributed by atoms with E-state index in [2.05, 4.69) is 5.32 Å². The third kappa shape index (κ3) is 2.98. The summed E-state index contributed by atoms with van der Waals surface area (Å²) in [5, 5.41) is 11.8. The van der Waals surface area contributed by atoms with Crippen molar-refractivity contribution in [2.24, 2.45) is 11.8 Å². The molecule has 5 heteroatoms. The van der Waals surface area contributed by atoms with Crippen LogP contribution >= 0.6 is 0 Å². The van der Waals surface area contributed by atoms with Crippen molar-refractivity contribution in [3.05, 3.63) is 29.6 Å². The Hall–Kier alpha value is -1.91. The lowest BCUT2D eigenvalue weighted by molar-refractivity contribution is -0.147. The van der Waals surface area contributed by atoms with Crippen molar-refractivity contribution in [1.29, 1.82) is 0 Å². The SMILES string of the molecule is Cc1c(F)cccc1NC(=O)[C@H]1CCCC[C@@H]1C(=O)O. The van der Waals surface area contributed by atoms with Crippen LogP contribution < -0.4 is 5.32 Å². The summed E-state index contributed by atoms with van der Waals surface area (Å²) in [6, 6.07) is 4.47. The first kappa shape index (κ1) is 14.5. The Labute approximate surface area is 117 Å². The van der Waals surface area contributed by atoms with E-state index in [1.165, 1.54) is 12.1 Å². The van der Waals surface area contributed by atoms with Gasteiger partial charge in [0.2, 0.25) is 5.91 Å². The number of benzene rings is 1. The zero-order valence-corrected chi connectivity index (χ0v) is 11.4.